The summed E-state index contributed by atoms with van der Waals surface area (Å²) < 4.78 is 13.7. The molecule has 0 aliphatic carbocycles. The number of carbonyl (C=O) groups is 2. The van der Waals surface area contributed by atoms with Gasteiger partial charge in [-0.1, -0.05) is 54.6 Å². The number of hydrogen-bond acceptors (Lipinski definition) is 5. The highest BCUT2D eigenvalue weighted by Crippen LogP contribution is 2.20. The maximum atomic E-state index is 13.7. The second-order valence-corrected chi connectivity index (χ2v) is 7.21. The number of nitrogens with two attached hydrogens (primary N) is 1. The van der Waals surface area contributed by atoms with Gasteiger partial charge in [0.15, 0.2) is 0 Å². The fourth-order valence-corrected chi connectivity index (χ4v) is 3.16. The summed E-state index contributed by atoms with van der Waals surface area (Å²) in [6.07, 6.45) is 0. The van der Waals surface area contributed by atoms with Gasteiger partial charge >= 0.3 is 0 Å². The SMILES string of the molecule is NC[C@H](NC(=O)c1ccc(-c2ccc(CNCc3ccccc3F)cc2)cc1)C(=O)NO. The second-order valence-electron chi connectivity index (χ2n) is 7.21. The Bertz CT molecular complexity index is 1060. The summed E-state index contributed by atoms with van der Waals surface area (Å²) in [6.45, 7) is 0.915. The quantitative estimate of drug-likeness (QED) is 0.261. The lowest BCUT2D eigenvalue weighted by atomic mass is 10.0. The van der Waals surface area contributed by atoms with Crippen LogP contribution in [-0.4, -0.2) is 29.6 Å². The van der Waals surface area contributed by atoms with Crippen LogP contribution in [0.4, 0.5) is 4.39 Å². The van der Waals surface area contributed by atoms with Crippen LogP contribution in [0, 0.1) is 5.82 Å². The van der Waals surface area contributed by atoms with Crippen molar-refractivity contribution in [1.29, 1.82) is 0 Å². The lowest BCUT2D eigenvalue weighted by Gasteiger charge is -2.14. The van der Waals surface area contributed by atoms with Crippen molar-refractivity contribution in [3.63, 3.8) is 0 Å². The Labute approximate surface area is 185 Å². The Kier molecular flexibility index (Phi) is 8.04. The molecule has 3 rings (SSSR count). The van der Waals surface area contributed by atoms with Gasteiger partial charge in [0.05, 0.1) is 0 Å². The first-order valence-electron chi connectivity index (χ1n) is 10.1. The molecule has 8 heteroatoms. The first-order valence-corrected chi connectivity index (χ1v) is 10.1. The van der Waals surface area contributed by atoms with Gasteiger partial charge in [0.1, 0.15) is 11.9 Å². The van der Waals surface area contributed by atoms with Gasteiger partial charge in [0, 0.05) is 30.8 Å². The molecule has 0 aliphatic heterocycles. The fraction of sp³-hybridized carbons (Fsp3) is 0.167. The number of amides is 2. The van der Waals surface area contributed by atoms with E-state index in [1.807, 2.05) is 42.5 Å². The van der Waals surface area contributed by atoms with Crippen molar-refractivity contribution in [2.24, 2.45) is 5.73 Å². The third kappa shape index (κ3) is 5.98. The summed E-state index contributed by atoms with van der Waals surface area (Å²) in [4.78, 5) is 23.7. The fourth-order valence-electron chi connectivity index (χ4n) is 3.16. The van der Waals surface area contributed by atoms with Crippen molar-refractivity contribution in [2.45, 2.75) is 19.1 Å². The standard InChI is InChI=1S/C24H25FN4O3/c25-21-4-2-1-3-20(21)15-27-14-16-5-7-17(8-6-16)18-9-11-19(12-10-18)23(30)28-22(13-26)24(31)29-32/h1-12,22,27,32H,13-15,26H2,(H,28,30)(H,29,31)/t22-/m0/s1. The van der Waals surface area contributed by atoms with Crippen LogP contribution in [-0.2, 0) is 17.9 Å². The van der Waals surface area contributed by atoms with Crippen molar-refractivity contribution in [3.8, 4) is 11.1 Å². The highest BCUT2D eigenvalue weighted by atomic mass is 19.1. The van der Waals surface area contributed by atoms with E-state index in [2.05, 4.69) is 10.6 Å². The van der Waals surface area contributed by atoms with E-state index < -0.39 is 17.9 Å². The first kappa shape index (κ1) is 23.1. The number of hydroxylamine groups is 1. The van der Waals surface area contributed by atoms with Gasteiger partial charge in [-0.05, 0) is 34.9 Å². The molecule has 0 spiro atoms. The van der Waals surface area contributed by atoms with E-state index in [9.17, 15) is 14.0 Å². The van der Waals surface area contributed by atoms with E-state index in [0.29, 0.717) is 24.2 Å². The van der Waals surface area contributed by atoms with Gasteiger partial charge in [0.25, 0.3) is 11.8 Å². The van der Waals surface area contributed by atoms with Crippen LogP contribution in [0.2, 0.25) is 0 Å². The second kappa shape index (κ2) is 11.1. The van der Waals surface area contributed by atoms with Crippen molar-refractivity contribution >= 4 is 11.8 Å². The number of carbonyl (C=O) groups excluding carboxylic acids is 2. The number of nitrogens with one attached hydrogen (secondary N) is 3. The van der Waals surface area contributed by atoms with Crippen LogP contribution in [0.5, 0.6) is 0 Å². The zero-order valence-corrected chi connectivity index (χ0v) is 17.3. The molecular formula is C24H25FN4O3. The minimum Gasteiger partial charge on any atom is -0.339 e. The van der Waals surface area contributed by atoms with E-state index in [1.54, 1.807) is 24.3 Å². The molecule has 3 aromatic rings. The van der Waals surface area contributed by atoms with Crippen molar-refractivity contribution < 1.29 is 19.2 Å². The maximum Gasteiger partial charge on any atom is 0.267 e. The predicted molar refractivity (Wildman–Crippen MR) is 119 cm³/mol. The monoisotopic (exact) mass is 436 g/mol. The van der Waals surface area contributed by atoms with Gasteiger partial charge in [-0.3, -0.25) is 14.8 Å². The Morgan fingerprint density at radius 3 is 2.12 bits per heavy atom. The molecule has 2 amide bonds. The zero-order valence-electron chi connectivity index (χ0n) is 17.3. The first-order chi connectivity index (χ1) is 15.5. The van der Waals surface area contributed by atoms with Gasteiger partial charge in [-0.2, -0.15) is 0 Å². The summed E-state index contributed by atoms with van der Waals surface area (Å²) in [6, 6.07) is 20.5. The summed E-state index contributed by atoms with van der Waals surface area (Å²) in [5.74, 6) is -1.46. The Morgan fingerprint density at radius 1 is 0.906 bits per heavy atom. The van der Waals surface area contributed by atoms with E-state index in [1.165, 1.54) is 11.5 Å². The number of hydrogen-bond donors (Lipinski definition) is 5. The average molecular weight is 436 g/mol. The predicted octanol–water partition coefficient (Wildman–Crippen LogP) is 2.34. The molecule has 0 aromatic heterocycles. The molecule has 3 aromatic carbocycles. The molecule has 6 N–H and O–H groups in total. The summed E-state index contributed by atoms with van der Waals surface area (Å²) >= 11 is 0. The van der Waals surface area contributed by atoms with Crippen molar-refractivity contribution in [2.75, 3.05) is 6.54 Å². The molecule has 0 saturated carbocycles. The molecule has 32 heavy (non-hydrogen) atoms. The third-order valence-corrected chi connectivity index (χ3v) is 5.00. The minimum absolute atomic E-state index is 0.141. The average Bonchev–Trinajstić information content (AvgIpc) is 2.83. The lowest BCUT2D eigenvalue weighted by Crippen LogP contribution is -2.50. The summed E-state index contributed by atoms with van der Waals surface area (Å²) in [5, 5.41) is 14.4. The summed E-state index contributed by atoms with van der Waals surface area (Å²) in [5.41, 5.74) is 10.9. The third-order valence-electron chi connectivity index (χ3n) is 5.00. The van der Waals surface area contributed by atoms with E-state index in [4.69, 9.17) is 10.9 Å². The molecule has 0 saturated heterocycles. The summed E-state index contributed by atoms with van der Waals surface area (Å²) in [7, 11) is 0. The van der Waals surface area contributed by atoms with Crippen LogP contribution >= 0.6 is 0 Å². The van der Waals surface area contributed by atoms with Crippen LogP contribution in [0.25, 0.3) is 11.1 Å². The molecule has 1 atom stereocenters. The van der Waals surface area contributed by atoms with Crippen LogP contribution in [0.15, 0.2) is 72.8 Å². The Balaban J connectivity index is 1.57. The highest BCUT2D eigenvalue weighted by Gasteiger charge is 2.19. The van der Waals surface area contributed by atoms with Gasteiger partial charge < -0.3 is 16.4 Å². The maximum absolute atomic E-state index is 13.7. The molecule has 0 fully saturated rings. The molecule has 7 nitrogen and oxygen atoms in total. The Hall–Kier alpha value is -3.59. The molecule has 166 valence electrons. The van der Waals surface area contributed by atoms with Crippen molar-refractivity contribution in [3.05, 3.63) is 95.3 Å². The highest BCUT2D eigenvalue weighted by molar-refractivity contribution is 5.97. The smallest absolute Gasteiger partial charge is 0.267 e. The largest absolute Gasteiger partial charge is 0.339 e. The van der Waals surface area contributed by atoms with E-state index >= 15 is 0 Å². The topological polar surface area (TPSA) is 116 Å². The zero-order chi connectivity index (χ0) is 22.9. The van der Waals surface area contributed by atoms with E-state index in [0.717, 1.165) is 16.7 Å². The number of rotatable bonds is 9. The number of benzene rings is 3. The van der Waals surface area contributed by atoms with Crippen molar-refractivity contribution in [1.82, 2.24) is 16.1 Å². The molecule has 0 heterocycles. The van der Waals surface area contributed by atoms with Gasteiger partial charge in [0.2, 0.25) is 0 Å². The molecule has 0 unspecified atom stereocenters. The molecule has 0 bridgehead atoms. The van der Waals surface area contributed by atoms with Crippen LogP contribution in [0.1, 0.15) is 21.5 Å². The van der Waals surface area contributed by atoms with Crippen LogP contribution in [0.3, 0.4) is 0 Å². The van der Waals surface area contributed by atoms with Gasteiger partial charge in [-0.25, -0.2) is 9.87 Å². The lowest BCUT2D eigenvalue weighted by molar-refractivity contribution is -0.130. The molecule has 0 radical (unpaired) electrons. The van der Waals surface area contributed by atoms with E-state index in [-0.39, 0.29) is 12.4 Å². The van der Waals surface area contributed by atoms with Crippen LogP contribution < -0.4 is 21.8 Å². The molecular weight excluding hydrogens is 411 g/mol. The number of halogens is 1. The normalized spacial score (nSPS) is 11.6. The Morgan fingerprint density at radius 2 is 1.53 bits per heavy atom. The minimum atomic E-state index is -1.02. The van der Waals surface area contributed by atoms with Gasteiger partial charge in [-0.15, -0.1) is 0 Å². The molecule has 0 aliphatic rings.